The Kier molecular flexibility index (Phi) is 5.36. The van der Waals surface area contributed by atoms with Crippen molar-refractivity contribution in [1.82, 2.24) is 5.32 Å². The maximum absolute atomic E-state index is 11.1. The molecule has 0 aliphatic rings. The molecule has 4 heteroatoms. The van der Waals surface area contributed by atoms with E-state index in [1.165, 1.54) is 0 Å². The van der Waals surface area contributed by atoms with Gasteiger partial charge in [0.05, 0.1) is 6.61 Å². The summed E-state index contributed by atoms with van der Waals surface area (Å²) in [6.07, 6.45) is 0.472. The van der Waals surface area contributed by atoms with Crippen LogP contribution in [0.5, 0.6) is 5.75 Å². The summed E-state index contributed by atoms with van der Waals surface area (Å²) >= 11 is 0. The van der Waals surface area contributed by atoms with Gasteiger partial charge in [-0.3, -0.25) is 4.79 Å². The Labute approximate surface area is 95.2 Å². The van der Waals surface area contributed by atoms with E-state index in [0.29, 0.717) is 18.7 Å². The summed E-state index contributed by atoms with van der Waals surface area (Å²) in [5, 5.41) is 11.5. The van der Waals surface area contributed by atoms with Gasteiger partial charge in [0.2, 0.25) is 5.91 Å². The van der Waals surface area contributed by atoms with Crippen molar-refractivity contribution < 1.29 is 14.6 Å². The molecule has 0 atom stereocenters. The zero-order valence-corrected chi connectivity index (χ0v) is 9.40. The van der Waals surface area contributed by atoms with Gasteiger partial charge in [-0.2, -0.15) is 0 Å². The Balaban J connectivity index is 2.59. The molecule has 0 fully saturated rings. The van der Waals surface area contributed by atoms with E-state index in [2.05, 4.69) is 5.32 Å². The molecule has 0 saturated carbocycles. The normalized spacial score (nSPS) is 9.88. The molecule has 2 N–H and O–H groups in total. The Bertz CT molecular complexity index is 339. The minimum absolute atomic E-state index is 0.0111. The number of benzene rings is 1. The predicted octanol–water partition coefficient (Wildman–Crippen LogP) is 1.08. The Morgan fingerprint density at radius 2 is 2.19 bits per heavy atom. The molecule has 4 nitrogen and oxygen atoms in total. The summed E-state index contributed by atoms with van der Waals surface area (Å²) in [4.78, 5) is 11.1. The largest absolute Gasteiger partial charge is 0.491 e. The van der Waals surface area contributed by atoms with Gasteiger partial charge in [-0.25, -0.2) is 0 Å². The summed E-state index contributed by atoms with van der Waals surface area (Å²) in [6.45, 7) is 2.51. The number of nitrogens with one attached hydrogen (secondary N) is 1. The van der Waals surface area contributed by atoms with Gasteiger partial charge in [0.25, 0.3) is 0 Å². The highest BCUT2D eigenvalue weighted by Gasteiger charge is 2.03. The third kappa shape index (κ3) is 3.90. The van der Waals surface area contributed by atoms with Crippen molar-refractivity contribution in [3.05, 3.63) is 29.8 Å². The highest BCUT2D eigenvalue weighted by atomic mass is 16.5. The lowest BCUT2D eigenvalue weighted by atomic mass is 10.2. The first-order valence-electron chi connectivity index (χ1n) is 5.36. The lowest BCUT2D eigenvalue weighted by Gasteiger charge is -2.10. The number of aliphatic hydroxyl groups is 1. The number of hydrogen-bond acceptors (Lipinski definition) is 3. The van der Waals surface area contributed by atoms with Gasteiger partial charge in [0.1, 0.15) is 12.4 Å². The van der Waals surface area contributed by atoms with Crippen molar-refractivity contribution in [3.63, 3.8) is 0 Å². The molecule has 88 valence electrons. The number of amides is 1. The van der Waals surface area contributed by atoms with E-state index in [0.717, 1.165) is 5.56 Å². The molecule has 1 aromatic rings. The molecule has 0 radical (unpaired) electrons. The van der Waals surface area contributed by atoms with Crippen LogP contribution in [0.25, 0.3) is 0 Å². The zero-order valence-electron chi connectivity index (χ0n) is 9.40. The van der Waals surface area contributed by atoms with Crippen LogP contribution in [0.2, 0.25) is 0 Å². The summed E-state index contributed by atoms with van der Waals surface area (Å²) < 4.78 is 5.35. The van der Waals surface area contributed by atoms with Crippen molar-refractivity contribution in [3.8, 4) is 5.75 Å². The molecule has 16 heavy (non-hydrogen) atoms. The average molecular weight is 223 g/mol. The highest BCUT2D eigenvalue weighted by molar-refractivity contribution is 5.75. The molecule has 0 aliphatic carbocycles. The van der Waals surface area contributed by atoms with E-state index < -0.39 is 0 Å². The fraction of sp³-hybridized carbons (Fsp3) is 0.417. The van der Waals surface area contributed by atoms with Gasteiger partial charge in [-0.05, 0) is 6.07 Å². The molecule has 0 spiro atoms. The molecule has 0 unspecified atom stereocenters. The molecule has 0 heterocycles. The minimum Gasteiger partial charge on any atom is -0.491 e. The molecular weight excluding hydrogens is 206 g/mol. The maximum Gasteiger partial charge on any atom is 0.219 e. The van der Waals surface area contributed by atoms with Gasteiger partial charge in [0.15, 0.2) is 0 Å². The Morgan fingerprint density at radius 1 is 1.44 bits per heavy atom. The lowest BCUT2D eigenvalue weighted by molar-refractivity contribution is -0.120. The molecule has 0 bridgehead atoms. The highest BCUT2D eigenvalue weighted by Crippen LogP contribution is 2.17. The topological polar surface area (TPSA) is 58.6 Å². The molecular formula is C12H17NO3. The molecule has 0 aromatic heterocycles. The monoisotopic (exact) mass is 223 g/mol. The number of hydrogen-bond donors (Lipinski definition) is 2. The van der Waals surface area contributed by atoms with Crippen molar-refractivity contribution in [2.75, 3.05) is 13.2 Å². The quantitative estimate of drug-likeness (QED) is 0.758. The van der Waals surface area contributed by atoms with Gasteiger partial charge in [-0.1, -0.05) is 25.1 Å². The van der Waals surface area contributed by atoms with E-state index in [1.807, 2.05) is 31.2 Å². The number of rotatable bonds is 6. The predicted molar refractivity (Wildman–Crippen MR) is 61.2 cm³/mol. The zero-order chi connectivity index (χ0) is 11.8. The second kappa shape index (κ2) is 6.85. The van der Waals surface area contributed by atoms with Crippen molar-refractivity contribution >= 4 is 5.91 Å². The van der Waals surface area contributed by atoms with Gasteiger partial charge in [0, 0.05) is 18.5 Å². The maximum atomic E-state index is 11.1. The molecule has 1 amide bonds. The number of aliphatic hydroxyl groups excluding tert-OH is 1. The van der Waals surface area contributed by atoms with Crippen molar-refractivity contribution in [2.45, 2.75) is 19.9 Å². The van der Waals surface area contributed by atoms with E-state index >= 15 is 0 Å². The second-order valence-electron chi connectivity index (χ2n) is 3.31. The van der Waals surface area contributed by atoms with Crippen molar-refractivity contribution in [1.29, 1.82) is 0 Å². The lowest BCUT2D eigenvalue weighted by Crippen LogP contribution is -2.21. The fourth-order valence-electron chi connectivity index (χ4n) is 1.27. The van der Waals surface area contributed by atoms with Crippen LogP contribution in [-0.4, -0.2) is 24.2 Å². The van der Waals surface area contributed by atoms with Crippen LogP contribution in [0.15, 0.2) is 24.3 Å². The van der Waals surface area contributed by atoms with Gasteiger partial charge >= 0.3 is 0 Å². The van der Waals surface area contributed by atoms with Crippen molar-refractivity contribution in [2.24, 2.45) is 0 Å². The first-order chi connectivity index (χ1) is 7.77. The number of carbonyl (C=O) groups is 1. The first-order valence-corrected chi connectivity index (χ1v) is 5.36. The molecule has 1 rings (SSSR count). The second-order valence-corrected chi connectivity index (χ2v) is 3.31. The summed E-state index contributed by atoms with van der Waals surface area (Å²) in [7, 11) is 0. The third-order valence-electron chi connectivity index (χ3n) is 2.12. The van der Waals surface area contributed by atoms with E-state index in [-0.39, 0.29) is 19.1 Å². The standard InChI is InChI=1S/C12H17NO3/c1-2-12(15)13-9-10-5-3-4-6-11(10)16-8-7-14/h3-6,14H,2,7-9H2,1H3,(H,13,15). The molecule has 1 aromatic carbocycles. The van der Waals surface area contributed by atoms with Crippen LogP contribution < -0.4 is 10.1 Å². The van der Waals surface area contributed by atoms with Crippen LogP contribution in [-0.2, 0) is 11.3 Å². The van der Waals surface area contributed by atoms with Gasteiger partial charge in [-0.15, -0.1) is 0 Å². The first kappa shape index (κ1) is 12.5. The molecule has 0 aliphatic heterocycles. The summed E-state index contributed by atoms with van der Waals surface area (Å²) in [5.41, 5.74) is 0.915. The summed E-state index contributed by atoms with van der Waals surface area (Å²) in [5.74, 6) is 0.713. The molecule has 0 saturated heterocycles. The number of para-hydroxylation sites is 1. The average Bonchev–Trinajstić information content (AvgIpc) is 2.34. The number of ether oxygens (including phenoxy) is 1. The van der Waals surface area contributed by atoms with E-state index in [9.17, 15) is 4.79 Å². The Hall–Kier alpha value is -1.55. The van der Waals surface area contributed by atoms with Crippen LogP contribution in [0.3, 0.4) is 0 Å². The summed E-state index contributed by atoms with van der Waals surface area (Å²) in [6, 6.07) is 7.46. The Morgan fingerprint density at radius 3 is 2.88 bits per heavy atom. The van der Waals surface area contributed by atoms with Crippen LogP contribution >= 0.6 is 0 Å². The fourth-order valence-corrected chi connectivity index (χ4v) is 1.27. The smallest absolute Gasteiger partial charge is 0.219 e. The minimum atomic E-state index is -0.0182. The SMILES string of the molecule is CCC(=O)NCc1ccccc1OCCO. The van der Waals surface area contributed by atoms with Crippen LogP contribution in [0.1, 0.15) is 18.9 Å². The number of carbonyl (C=O) groups excluding carboxylic acids is 1. The third-order valence-corrected chi connectivity index (χ3v) is 2.12. The van der Waals surface area contributed by atoms with E-state index in [4.69, 9.17) is 9.84 Å². The van der Waals surface area contributed by atoms with E-state index in [1.54, 1.807) is 0 Å². The van der Waals surface area contributed by atoms with Crippen LogP contribution in [0, 0.1) is 0 Å². The van der Waals surface area contributed by atoms with Crippen LogP contribution in [0.4, 0.5) is 0 Å². The van der Waals surface area contributed by atoms with Gasteiger partial charge < -0.3 is 15.2 Å².